The van der Waals surface area contributed by atoms with Crippen LogP contribution in [0.3, 0.4) is 0 Å². The minimum absolute atomic E-state index is 0.0279. The number of rotatable bonds is 8. The Hall–Kier alpha value is -7.33. The molecule has 0 spiro atoms. The second-order valence-electron chi connectivity index (χ2n) is 20.4. The number of imidazole rings is 1. The summed E-state index contributed by atoms with van der Waals surface area (Å²) >= 11 is 2.46. The molecule has 3 heterocycles. The van der Waals surface area contributed by atoms with Crippen LogP contribution < -0.4 is 4.74 Å². The number of benzene rings is 8. The van der Waals surface area contributed by atoms with Crippen molar-refractivity contribution in [3.63, 3.8) is 0 Å². The van der Waals surface area contributed by atoms with Gasteiger partial charge < -0.3 is 0 Å². The van der Waals surface area contributed by atoms with Crippen molar-refractivity contribution in [1.29, 1.82) is 0 Å². The Balaban J connectivity index is 0.994. The first kappa shape index (κ1) is 41.5. The van der Waals surface area contributed by atoms with Gasteiger partial charge in [-0.2, -0.15) is 0 Å². The van der Waals surface area contributed by atoms with E-state index in [0.717, 1.165) is 95.1 Å². The minimum atomic E-state index is -2.41. The van der Waals surface area contributed by atoms with E-state index in [2.05, 4.69) is 219 Å². The molecule has 0 fully saturated rings. The number of aryl methyl sites for hydroxylation is 2. The van der Waals surface area contributed by atoms with Crippen molar-refractivity contribution >= 4 is 32.8 Å². The molecule has 11 aromatic rings. The first-order valence-corrected chi connectivity index (χ1v) is 25.5. The first-order chi connectivity index (χ1) is 35.6. The van der Waals surface area contributed by atoms with Gasteiger partial charge in [-0.1, -0.05) is 58.9 Å². The second kappa shape index (κ2) is 17.5. The van der Waals surface area contributed by atoms with Gasteiger partial charge in [-0.25, -0.2) is 0 Å². The molecule has 8 aromatic carbocycles. The van der Waals surface area contributed by atoms with Crippen LogP contribution in [-0.4, -0.2) is 18.7 Å². The summed E-state index contributed by atoms with van der Waals surface area (Å²) < 4.78 is 40.9. The van der Waals surface area contributed by atoms with Crippen molar-refractivity contribution in [1.82, 2.24) is 18.7 Å². The van der Waals surface area contributed by atoms with E-state index >= 15 is 0 Å². The molecule has 71 heavy (non-hydrogen) atoms. The fourth-order valence-corrected chi connectivity index (χ4v) is 11.8. The Morgan fingerprint density at radius 2 is 1.27 bits per heavy atom. The van der Waals surface area contributed by atoms with Crippen molar-refractivity contribution in [3.05, 3.63) is 220 Å². The van der Waals surface area contributed by atoms with Crippen LogP contribution in [0.2, 0.25) is 0 Å². The molecule has 0 saturated heterocycles. The molecule has 6 heteroatoms. The molecule has 1 aliphatic rings. The molecular weight excluding hydrogens is 1050 g/mol. The van der Waals surface area contributed by atoms with E-state index in [0.29, 0.717) is 22.9 Å². The monoisotopic (exact) mass is 1100 g/mol. The fraction of sp³-hybridized carbons (Fsp3) is 0.169. The molecule has 0 aliphatic heterocycles. The van der Waals surface area contributed by atoms with Crippen LogP contribution in [0.25, 0.3) is 83.4 Å². The minimum Gasteiger partial charge on any atom is -0.0579 e. The smallest absolute Gasteiger partial charge is 0.0579 e. The summed E-state index contributed by atoms with van der Waals surface area (Å²) in [5, 5.41) is 2.05. The summed E-state index contributed by atoms with van der Waals surface area (Å²) in [6.45, 7) is 8.75. The van der Waals surface area contributed by atoms with Crippen molar-refractivity contribution < 1.29 is 28.2 Å². The van der Waals surface area contributed by atoms with Gasteiger partial charge in [0, 0.05) is 15.9 Å². The molecule has 0 unspecified atom stereocenters. The van der Waals surface area contributed by atoms with Gasteiger partial charge in [0.2, 0.25) is 0 Å². The number of aromatic nitrogens is 4. The first-order valence-electron chi connectivity index (χ1n) is 25.9. The van der Waals surface area contributed by atoms with Crippen LogP contribution >= 0.6 is 0 Å². The number of ether oxygens (including phenoxy) is 1. The van der Waals surface area contributed by atoms with E-state index in [4.69, 9.17) is 13.8 Å². The van der Waals surface area contributed by atoms with Gasteiger partial charge in [-0.05, 0) is 64.8 Å². The zero-order valence-corrected chi connectivity index (χ0v) is 42.7. The predicted molar refractivity (Wildman–Crippen MR) is 288 cm³/mol. The molecule has 5 nitrogen and oxygen atoms in total. The Morgan fingerprint density at radius 1 is 0.620 bits per heavy atom. The van der Waals surface area contributed by atoms with Gasteiger partial charge in [0.1, 0.15) is 0 Å². The third-order valence-corrected chi connectivity index (χ3v) is 15.4. The van der Waals surface area contributed by atoms with E-state index in [9.17, 15) is 0 Å². The van der Waals surface area contributed by atoms with E-state index < -0.39 is 6.85 Å². The van der Waals surface area contributed by atoms with E-state index in [-0.39, 0.29) is 16.4 Å². The molecule has 0 saturated carbocycles. The van der Waals surface area contributed by atoms with E-state index in [1.54, 1.807) is 12.3 Å². The Labute approximate surface area is 431 Å². The average Bonchev–Trinajstić information content (AvgIpc) is 3.88. The number of para-hydroxylation sites is 3. The Morgan fingerprint density at radius 3 is 1.96 bits per heavy atom. The zero-order valence-electron chi connectivity index (χ0n) is 43.5. The maximum absolute atomic E-state index is 8.82. The summed E-state index contributed by atoms with van der Waals surface area (Å²) in [7, 11) is 0. The standard InChI is InChI=1S/C65H54N4O.Pt/c1-43-36-62(66-41-56(43)46-29-31-48(32-30-46)64(2,3)4)69-60-39-51(33-34-54(60)55-37-47-22-17-35-65(5,6)57(47)40-61(55)69)70-50-24-15-23-49(38-50)67-42-68(59-28-14-13-27-58(59)67)63-52(44-18-9-7-10-19-44)25-16-26-53(63)45-20-11-8-12-21-45;/h7-16,18-21,23-34,36-37,40-41H,17,22,35H2,1-6H3;/q-2;/i1D3;. The van der Waals surface area contributed by atoms with Crippen LogP contribution in [0.1, 0.15) is 73.8 Å². The number of fused-ring (bicyclic) bond motifs is 5. The molecule has 1 aliphatic carbocycles. The summed E-state index contributed by atoms with van der Waals surface area (Å²) in [5.74, 6) is 1.53. The van der Waals surface area contributed by atoms with Gasteiger partial charge in [0.15, 0.2) is 0 Å². The van der Waals surface area contributed by atoms with Crippen LogP contribution in [-0.2, 0) is 36.6 Å². The predicted octanol–water partition coefficient (Wildman–Crippen LogP) is 16.6. The van der Waals surface area contributed by atoms with E-state index in [1.807, 2.05) is 30.3 Å². The Bertz CT molecular complexity index is 3970. The van der Waals surface area contributed by atoms with Gasteiger partial charge in [0.05, 0.1) is 0 Å². The molecule has 0 radical (unpaired) electrons. The molecule has 0 bridgehead atoms. The average molecular weight is 1110 g/mol. The quantitative estimate of drug-likeness (QED) is 0.142. The van der Waals surface area contributed by atoms with Gasteiger partial charge >= 0.3 is 294 Å². The number of nitrogens with zero attached hydrogens (tertiary/aromatic N) is 4. The van der Waals surface area contributed by atoms with E-state index in [1.165, 1.54) is 16.7 Å². The fourth-order valence-electron chi connectivity index (χ4n) is 10.7. The van der Waals surface area contributed by atoms with Crippen molar-refractivity contribution in [2.45, 2.75) is 71.6 Å². The van der Waals surface area contributed by atoms with Crippen LogP contribution in [0.4, 0.5) is 0 Å². The zero-order chi connectivity index (χ0) is 51.1. The summed E-state index contributed by atoms with van der Waals surface area (Å²) in [5.41, 5.74) is 15.6. The second-order valence-corrected chi connectivity index (χ2v) is 21.5. The summed E-state index contributed by atoms with van der Waals surface area (Å²) in [6.07, 6.45) is 4.94. The van der Waals surface area contributed by atoms with Gasteiger partial charge in [-0.3, -0.25) is 0 Å². The number of hydrogen-bond acceptors (Lipinski definition) is 2. The van der Waals surface area contributed by atoms with Crippen molar-refractivity contribution in [3.8, 4) is 62.1 Å². The molecule has 0 N–H and O–H groups in total. The van der Waals surface area contributed by atoms with Crippen molar-refractivity contribution in [2.24, 2.45) is 0 Å². The van der Waals surface area contributed by atoms with Crippen LogP contribution in [0, 0.1) is 22.8 Å². The molecule has 0 atom stereocenters. The normalized spacial score (nSPS) is 14.3. The molecule has 3 aromatic heterocycles. The van der Waals surface area contributed by atoms with Crippen LogP contribution in [0.15, 0.2) is 182 Å². The molecule has 0 amide bonds. The number of hydrogen-bond donors (Lipinski definition) is 0. The third kappa shape index (κ3) is 7.92. The summed E-state index contributed by atoms with van der Waals surface area (Å²) in [4.78, 5) is 5.09. The number of pyridine rings is 1. The summed E-state index contributed by atoms with van der Waals surface area (Å²) in [6, 6.07) is 68.2. The van der Waals surface area contributed by atoms with Crippen molar-refractivity contribution in [2.75, 3.05) is 0 Å². The van der Waals surface area contributed by atoms with Gasteiger partial charge in [0.25, 0.3) is 0 Å². The molecule has 352 valence electrons. The van der Waals surface area contributed by atoms with Gasteiger partial charge in [-0.15, -0.1) is 0 Å². The topological polar surface area (TPSA) is 36.9 Å². The third-order valence-electron chi connectivity index (χ3n) is 14.4. The SMILES string of the molecule is [2H]C([2H])([2H])c1cc(-n2c3[c-]c(Oc4[c-]c(-n5[c](=[Pt])n(-c6c(-c7ccccc7)cccc6-c6ccccc6)c6ccccc65)ccc4)ccc3c3cc4c(cc32)C(C)(C)CCC4)ncc1-c1ccc(C(C)(C)C)cc1. The Kier molecular flexibility index (Phi) is 10.2. The molecule has 12 rings (SSSR count). The maximum atomic E-state index is 8.82. The molecular formula is C65H54N4OPt-2. The van der Waals surface area contributed by atoms with Crippen LogP contribution in [0.5, 0.6) is 11.5 Å².